The zero-order chi connectivity index (χ0) is 18.3. The third-order valence-electron chi connectivity index (χ3n) is 4.82. The van der Waals surface area contributed by atoms with Crippen LogP contribution in [0.3, 0.4) is 0 Å². The Morgan fingerprint density at radius 3 is 2.96 bits per heavy atom. The summed E-state index contributed by atoms with van der Waals surface area (Å²) in [7, 11) is 1.65. The minimum absolute atomic E-state index is 0.0290. The van der Waals surface area contributed by atoms with Crippen LogP contribution in [0.25, 0.3) is 10.9 Å². The number of carboxylic acids is 1. The maximum absolute atomic E-state index is 11.0. The fourth-order valence-electron chi connectivity index (χ4n) is 3.58. The van der Waals surface area contributed by atoms with Gasteiger partial charge in [-0.25, -0.2) is 9.48 Å². The first kappa shape index (κ1) is 16.3. The number of anilines is 1. The normalized spacial score (nSPS) is 17.0. The topological polar surface area (TPSA) is 93.4 Å². The Bertz CT molecular complexity index is 984. The Kier molecular flexibility index (Phi) is 3.95. The van der Waals surface area contributed by atoms with Gasteiger partial charge in [-0.2, -0.15) is 0 Å². The number of aromatic nitrogens is 4. The van der Waals surface area contributed by atoms with Crippen molar-refractivity contribution in [2.45, 2.75) is 19.4 Å². The summed E-state index contributed by atoms with van der Waals surface area (Å²) in [5.41, 5.74) is 3.04. The minimum Gasteiger partial charge on any atom is -0.494 e. The average molecular weight is 353 g/mol. The predicted molar refractivity (Wildman–Crippen MR) is 95.9 cm³/mol. The van der Waals surface area contributed by atoms with Gasteiger partial charge in [0, 0.05) is 24.7 Å². The molecule has 26 heavy (non-hydrogen) atoms. The highest BCUT2D eigenvalue weighted by atomic mass is 16.5. The lowest BCUT2D eigenvalue weighted by atomic mass is 10.1. The largest absolute Gasteiger partial charge is 0.494 e. The van der Waals surface area contributed by atoms with E-state index in [4.69, 9.17) is 9.84 Å². The average Bonchev–Trinajstić information content (AvgIpc) is 3.30. The van der Waals surface area contributed by atoms with Crippen molar-refractivity contribution in [3.05, 3.63) is 41.9 Å². The zero-order valence-electron chi connectivity index (χ0n) is 14.6. The number of benzene rings is 1. The number of aromatic carboxylic acids is 1. The number of pyridine rings is 1. The van der Waals surface area contributed by atoms with Crippen molar-refractivity contribution in [1.29, 1.82) is 0 Å². The van der Waals surface area contributed by atoms with Crippen molar-refractivity contribution in [1.82, 2.24) is 20.0 Å². The molecule has 1 unspecified atom stereocenters. The van der Waals surface area contributed by atoms with E-state index in [0.717, 1.165) is 47.4 Å². The van der Waals surface area contributed by atoms with E-state index in [2.05, 4.69) is 26.3 Å². The van der Waals surface area contributed by atoms with Gasteiger partial charge in [0.05, 0.1) is 25.0 Å². The highest BCUT2D eigenvalue weighted by Gasteiger charge is 2.28. The number of carboxylic acid groups (broad SMARTS) is 1. The van der Waals surface area contributed by atoms with Crippen LogP contribution in [0.2, 0.25) is 0 Å². The molecule has 1 aliphatic heterocycles. The molecule has 2 aromatic heterocycles. The van der Waals surface area contributed by atoms with Crippen LogP contribution in [-0.2, 0) is 0 Å². The smallest absolute Gasteiger partial charge is 0.358 e. The Balaban J connectivity index is 1.68. The molecule has 8 heteroatoms. The number of nitrogens with zero attached hydrogens (tertiary/aromatic N) is 5. The number of hydrogen-bond acceptors (Lipinski definition) is 6. The minimum atomic E-state index is -1.06. The van der Waals surface area contributed by atoms with Crippen LogP contribution < -0.4 is 9.64 Å². The standard InChI is InChI=1S/C18H19N5O3/c1-11-8-19-16-13(4-3-5-15(16)26-2)17(11)22-7-6-12(9-22)23-10-14(18(24)25)20-21-23/h3-5,8,10,12H,6-7,9H2,1-2H3,(H,24,25). The van der Waals surface area contributed by atoms with E-state index in [0.29, 0.717) is 0 Å². The molecule has 1 fully saturated rings. The van der Waals surface area contributed by atoms with Crippen molar-refractivity contribution in [2.75, 3.05) is 25.1 Å². The van der Waals surface area contributed by atoms with Crippen molar-refractivity contribution in [2.24, 2.45) is 0 Å². The van der Waals surface area contributed by atoms with Gasteiger partial charge in [-0.1, -0.05) is 17.3 Å². The highest BCUT2D eigenvalue weighted by molar-refractivity contribution is 5.96. The van der Waals surface area contributed by atoms with E-state index >= 15 is 0 Å². The van der Waals surface area contributed by atoms with Crippen molar-refractivity contribution >= 4 is 22.6 Å². The Labute approximate surface area is 150 Å². The second-order valence-corrected chi connectivity index (χ2v) is 6.42. The van der Waals surface area contributed by atoms with E-state index in [-0.39, 0.29) is 11.7 Å². The van der Waals surface area contributed by atoms with Gasteiger partial charge in [0.1, 0.15) is 11.3 Å². The van der Waals surface area contributed by atoms with Gasteiger partial charge >= 0.3 is 5.97 Å². The number of para-hydroxylation sites is 1. The molecule has 4 rings (SSSR count). The number of fused-ring (bicyclic) bond motifs is 1. The van der Waals surface area contributed by atoms with Crippen LogP contribution in [-0.4, -0.2) is 51.3 Å². The molecule has 1 aromatic carbocycles. The zero-order valence-corrected chi connectivity index (χ0v) is 14.6. The molecule has 0 saturated carbocycles. The van der Waals surface area contributed by atoms with Crippen molar-refractivity contribution < 1.29 is 14.6 Å². The SMILES string of the molecule is COc1cccc2c(N3CCC(n4cc(C(=O)O)nn4)C3)c(C)cnc12. The number of carbonyl (C=O) groups is 1. The Morgan fingerprint density at radius 2 is 2.23 bits per heavy atom. The van der Waals surface area contributed by atoms with E-state index in [9.17, 15) is 4.79 Å². The lowest BCUT2D eigenvalue weighted by Gasteiger charge is -2.23. The first-order valence-electron chi connectivity index (χ1n) is 8.41. The molecule has 0 spiro atoms. The fourth-order valence-corrected chi connectivity index (χ4v) is 3.58. The summed E-state index contributed by atoms with van der Waals surface area (Å²) in [4.78, 5) is 17.9. The lowest BCUT2D eigenvalue weighted by molar-refractivity contribution is 0.0690. The van der Waals surface area contributed by atoms with Crippen molar-refractivity contribution in [3.8, 4) is 5.75 Å². The third kappa shape index (κ3) is 2.63. The summed E-state index contributed by atoms with van der Waals surface area (Å²) in [5, 5.41) is 17.8. The monoisotopic (exact) mass is 353 g/mol. The lowest BCUT2D eigenvalue weighted by Crippen LogP contribution is -2.22. The molecule has 3 heterocycles. The molecule has 0 bridgehead atoms. The molecule has 0 amide bonds. The number of rotatable bonds is 4. The van der Waals surface area contributed by atoms with Gasteiger partial charge < -0.3 is 14.7 Å². The molecular weight excluding hydrogens is 334 g/mol. The molecule has 0 radical (unpaired) electrons. The maximum Gasteiger partial charge on any atom is 0.358 e. The quantitative estimate of drug-likeness (QED) is 0.769. The highest BCUT2D eigenvalue weighted by Crippen LogP contribution is 2.36. The first-order chi connectivity index (χ1) is 12.6. The second kappa shape index (κ2) is 6.29. The predicted octanol–water partition coefficient (Wildman–Crippen LogP) is 2.29. The molecule has 1 aliphatic rings. The number of aryl methyl sites for hydroxylation is 1. The molecule has 1 N–H and O–H groups in total. The first-order valence-corrected chi connectivity index (χ1v) is 8.41. The van der Waals surface area contributed by atoms with E-state index in [1.54, 1.807) is 11.8 Å². The summed E-state index contributed by atoms with van der Waals surface area (Å²) in [5.74, 6) is -0.309. The molecule has 134 valence electrons. The van der Waals surface area contributed by atoms with Crippen LogP contribution in [0.15, 0.2) is 30.6 Å². The Hall–Kier alpha value is -3.16. The van der Waals surface area contributed by atoms with Gasteiger partial charge in [-0.3, -0.25) is 4.98 Å². The molecule has 1 saturated heterocycles. The molecule has 8 nitrogen and oxygen atoms in total. The van der Waals surface area contributed by atoms with Crippen LogP contribution >= 0.6 is 0 Å². The van der Waals surface area contributed by atoms with Crippen LogP contribution in [0, 0.1) is 6.92 Å². The number of hydrogen-bond donors (Lipinski definition) is 1. The van der Waals surface area contributed by atoms with Gasteiger partial charge in [0.2, 0.25) is 0 Å². The number of ether oxygens (including phenoxy) is 1. The molecule has 3 aromatic rings. The summed E-state index contributed by atoms with van der Waals surface area (Å²) >= 11 is 0. The fraction of sp³-hybridized carbons (Fsp3) is 0.333. The molecule has 0 aliphatic carbocycles. The summed E-state index contributed by atoms with van der Waals surface area (Å²) in [6.07, 6.45) is 4.23. The van der Waals surface area contributed by atoms with E-state index < -0.39 is 5.97 Å². The van der Waals surface area contributed by atoms with Crippen molar-refractivity contribution in [3.63, 3.8) is 0 Å². The molecule has 1 atom stereocenters. The maximum atomic E-state index is 11.0. The van der Waals surface area contributed by atoms with Gasteiger partial charge in [0.15, 0.2) is 5.69 Å². The van der Waals surface area contributed by atoms with Gasteiger partial charge in [-0.15, -0.1) is 5.10 Å². The van der Waals surface area contributed by atoms with Crippen LogP contribution in [0.4, 0.5) is 5.69 Å². The third-order valence-corrected chi connectivity index (χ3v) is 4.82. The number of methoxy groups -OCH3 is 1. The molecular formula is C18H19N5O3. The summed E-state index contributed by atoms with van der Waals surface area (Å²) in [6, 6.07) is 6.02. The van der Waals surface area contributed by atoms with Gasteiger partial charge in [-0.05, 0) is 25.0 Å². The van der Waals surface area contributed by atoms with Crippen LogP contribution in [0.1, 0.15) is 28.5 Å². The van der Waals surface area contributed by atoms with Gasteiger partial charge in [0.25, 0.3) is 0 Å². The Morgan fingerprint density at radius 1 is 1.38 bits per heavy atom. The van der Waals surface area contributed by atoms with E-state index in [1.807, 2.05) is 25.3 Å². The van der Waals surface area contributed by atoms with Crippen LogP contribution in [0.5, 0.6) is 5.75 Å². The summed E-state index contributed by atoms with van der Waals surface area (Å²) < 4.78 is 7.10. The van der Waals surface area contributed by atoms with E-state index in [1.165, 1.54) is 6.20 Å². The second-order valence-electron chi connectivity index (χ2n) is 6.42. The summed E-state index contributed by atoms with van der Waals surface area (Å²) in [6.45, 7) is 3.64.